The maximum absolute atomic E-state index is 4.93. The van der Waals surface area contributed by atoms with E-state index < -0.39 is 125 Å². The molecule has 1 aromatic carbocycles. The average molecular weight is 2770 g/mol. The summed E-state index contributed by atoms with van der Waals surface area (Å²) >= 11 is -4.95. The minimum absolute atomic E-state index is 0. The average Bonchev–Trinajstić information content (AvgIpc) is 1.65. The molecule has 0 nitrogen and oxygen atoms in total. The van der Waals surface area contributed by atoms with Crippen LogP contribution in [0.25, 0.3) is 0 Å². The number of benzene rings is 1. The Kier molecular flexibility index (Phi) is 130. The number of halogens is 12. The normalized spacial score (nSPS) is 36.4. The molecular weight excluding hydrogens is 2520 g/mol. The third kappa shape index (κ3) is 67.8. The van der Waals surface area contributed by atoms with Gasteiger partial charge in [-0.25, -0.2) is 0 Å². The second-order valence-corrected chi connectivity index (χ2v) is 70.8. The van der Waals surface area contributed by atoms with Crippen LogP contribution in [0.2, 0.25) is 0 Å². The molecule has 18 heteroatoms. The molecule has 0 N–H and O–H groups in total. The Balaban J connectivity index is -0.000000150. The third-order valence-corrected chi connectivity index (χ3v) is 42.0. The summed E-state index contributed by atoms with van der Waals surface area (Å²) in [5, 5.41) is 0. The second kappa shape index (κ2) is 108. The maximum atomic E-state index is 4.93. The van der Waals surface area contributed by atoms with Crippen LogP contribution in [0.3, 0.4) is 0 Å². The Hall–Kier alpha value is 8.00. The molecule has 147 heavy (non-hydrogen) atoms. The molecule has 0 spiro atoms. The molecule has 0 aliphatic heterocycles. The van der Waals surface area contributed by atoms with Gasteiger partial charge in [-0.3, -0.25) is 0 Å². The van der Waals surface area contributed by atoms with E-state index in [0.29, 0.717) is 0 Å². The van der Waals surface area contributed by atoms with E-state index in [9.17, 15) is 0 Å². The van der Waals surface area contributed by atoms with Gasteiger partial charge < -0.3 is 89.1 Å². The van der Waals surface area contributed by atoms with Crippen LogP contribution in [-0.2, 0) is 125 Å². The van der Waals surface area contributed by atoms with Crippen molar-refractivity contribution < 1.29 is 125 Å². The summed E-state index contributed by atoms with van der Waals surface area (Å²) in [7, 11) is 59.2. The minimum Gasteiger partial charge on any atom is -0.0622 e. The fourth-order valence-corrected chi connectivity index (χ4v) is 30.6. The molecule has 0 heterocycles. The van der Waals surface area contributed by atoms with Gasteiger partial charge in [0.1, 0.15) is 0 Å². The van der Waals surface area contributed by atoms with Gasteiger partial charge in [0.25, 0.3) is 0 Å². The van der Waals surface area contributed by atoms with E-state index in [4.69, 9.17) is 102 Å². The Labute approximate surface area is 1040 Å². The van der Waals surface area contributed by atoms with Crippen LogP contribution in [0, 0.1) is 302 Å². The standard InChI is InChI=1S/C15H20.C13H24.3C10H18.4C10H20.C9H16.2C5H10.12CH3.12ClH.6Zr/c1-2-6-12(7-3-1)15-11-10-13-8-4-5-9-14(13)15;1-2-3-6-11-9-12-7-4-5-8-13(12)10-11;1-8-6-9-4-2-3-5-10(9)7-8;2*1-8-6-7-9-4-2-3-5-10(8)9;4*1-6-7(2)9(4)10(5)8(6)3;1-2-5-9-7-3-6-8(9)4-1;2*1-2-4-5-3-1;;;;;;;;;;;;;;;;;;;;;;;;;;;;;;/h1-3,6-7,13-15H,4-5,8-11H2;11-13H,2-10H2,1H3;3*8-10H,2-7H2,1H3;4*6-10H,1-5H3;8-9H,1-7H2;2*1-5H2;12*1H3;12*1H;;;;;;/q;;;;;;;;;;;;12*-1;;;;;;;;;;;;;6*+4/p-12. The van der Waals surface area contributed by atoms with Crippen molar-refractivity contribution in [2.75, 3.05) is 0 Å². The van der Waals surface area contributed by atoms with Crippen molar-refractivity contribution in [1.82, 2.24) is 0 Å². The molecule has 0 saturated heterocycles. The van der Waals surface area contributed by atoms with Crippen LogP contribution >= 0.6 is 102 Å². The van der Waals surface area contributed by atoms with Crippen molar-refractivity contribution in [3.63, 3.8) is 0 Å². The predicted octanol–water partition coefficient (Wildman–Crippen LogP) is 51.7. The number of rotatable bonds is 4. The second-order valence-electron chi connectivity index (χ2n) is 48.4. The van der Waals surface area contributed by atoms with E-state index >= 15 is 0 Å². The van der Waals surface area contributed by atoms with E-state index in [0.717, 1.165) is 207 Å². The van der Waals surface area contributed by atoms with Crippen molar-refractivity contribution >= 4 is 102 Å². The molecule has 0 amide bonds. The Morgan fingerprint density at radius 2 is 0.381 bits per heavy atom. The minimum atomic E-state index is -0.826. The van der Waals surface area contributed by atoms with Crippen molar-refractivity contribution in [2.24, 2.45) is 213 Å². The molecule has 0 aromatic heterocycles. The first-order chi connectivity index (χ1) is 64.6. The van der Waals surface area contributed by atoms with Gasteiger partial charge in [-0.1, -0.05) is 447 Å². The summed E-state index contributed by atoms with van der Waals surface area (Å²) in [6, 6.07) is 11.2. The number of unbranched alkanes of at least 4 members (excludes halogenated alkanes) is 1. The van der Waals surface area contributed by atoms with E-state index in [2.05, 4.69) is 197 Å². The summed E-state index contributed by atoms with van der Waals surface area (Å²) < 4.78 is 0. The molecule has 18 aliphatic rings. The zero-order valence-electron chi connectivity index (χ0n) is 104. The molecule has 19 rings (SSSR count). The first-order valence-electron chi connectivity index (χ1n) is 57.5. The third-order valence-electron chi connectivity index (χ3n) is 42.0. The van der Waals surface area contributed by atoms with E-state index in [1.165, 1.54) is 217 Å². The molecule has 18 saturated carbocycles. The largest absolute Gasteiger partial charge is 0.0622 e. The zero-order valence-corrected chi connectivity index (χ0v) is 127. The quantitative estimate of drug-likeness (QED) is 0.264. The molecular formula is C129H250Cl12Zr6. The van der Waals surface area contributed by atoms with Crippen molar-refractivity contribution in [2.45, 2.75) is 493 Å². The molecule has 18 fully saturated rings. The smallest absolute Gasteiger partial charge is 0.0131 e. The Morgan fingerprint density at radius 3 is 0.605 bits per heavy atom. The number of hydrogen-bond acceptors (Lipinski definition) is 0. The van der Waals surface area contributed by atoms with Gasteiger partial charge in [0, 0.05) is 0 Å². The van der Waals surface area contributed by atoms with E-state index in [1.54, 1.807) is 121 Å². The van der Waals surface area contributed by atoms with E-state index in [-0.39, 0.29) is 89.1 Å². The predicted molar refractivity (Wildman–Crippen MR) is 669 cm³/mol. The van der Waals surface area contributed by atoms with E-state index in [1.807, 2.05) is 0 Å². The first kappa shape index (κ1) is 177. The SMILES string of the molecule is C1CCC2CCCC2C1.C1CCCC1.C1CCCC1.CC1C(C)C(C)C(C)C1C.CC1C(C)C(C)C(C)C1C.CC1C(C)C(C)C(C)C1C.CC1C(C)C(C)C(C)C1C.CC1CC2CCCCC2C1.CC1CCC2CCCCC12.CC1CCC2CCCCC12.CCCCC1CC2CCCCC2C1.[CH3-].[CH3-].[CH3-].[CH3-].[CH3-].[CH3-].[CH3-].[CH3-].[CH3-].[CH3-].[CH3-].[CH3-].[Cl][Zr+2][Cl].[Cl][Zr+2][Cl].[Cl][Zr+2][Cl].[Cl][Zr+2][Cl].[Cl][Zr+2][Cl].[Cl][Zr+2][Cl].c1ccc(C2CCC3CCCCC32)cc1. The Bertz CT molecular complexity index is 2440. The zero-order chi connectivity index (χ0) is 101. The van der Waals surface area contributed by atoms with Gasteiger partial charge in [0.05, 0.1) is 0 Å². The molecule has 18 aliphatic carbocycles. The molecule has 0 radical (unpaired) electrons. The summed E-state index contributed by atoms with van der Waals surface area (Å²) in [6.07, 6.45) is 76.2. The van der Waals surface area contributed by atoms with Gasteiger partial charge in [-0.05, 0) is 295 Å². The Morgan fingerprint density at radius 1 is 0.197 bits per heavy atom. The number of fused-ring (bicyclic) bond motifs is 6. The van der Waals surface area contributed by atoms with Crippen molar-refractivity contribution in [3.05, 3.63) is 125 Å². The van der Waals surface area contributed by atoms with Gasteiger partial charge in [-0.2, -0.15) is 0 Å². The molecule has 0 bridgehead atoms. The summed E-state index contributed by atoms with van der Waals surface area (Å²) in [5.41, 5.74) is 1.60. The van der Waals surface area contributed by atoms with Crippen LogP contribution in [0.5, 0.6) is 0 Å². The monoisotopic (exact) mass is 2760 g/mol. The summed E-state index contributed by atoms with van der Waals surface area (Å²) in [5.74, 6) is 37.4. The molecule has 874 valence electrons. The van der Waals surface area contributed by atoms with Crippen molar-refractivity contribution in [3.8, 4) is 0 Å². The number of hydrogen-bond donors (Lipinski definition) is 0. The van der Waals surface area contributed by atoms with Gasteiger partial charge >= 0.3 is 227 Å². The first-order valence-corrected chi connectivity index (χ1v) is 95.4. The molecule has 1 aromatic rings. The van der Waals surface area contributed by atoms with Crippen LogP contribution in [0.1, 0.15) is 499 Å². The van der Waals surface area contributed by atoms with Crippen LogP contribution in [0.15, 0.2) is 30.3 Å². The van der Waals surface area contributed by atoms with Gasteiger partial charge in [0.2, 0.25) is 0 Å². The van der Waals surface area contributed by atoms with Crippen LogP contribution in [0.4, 0.5) is 0 Å². The summed E-state index contributed by atoms with van der Waals surface area (Å²) in [4.78, 5) is 0. The molecule has 15 unspecified atom stereocenters. The van der Waals surface area contributed by atoms with Crippen LogP contribution in [-0.4, -0.2) is 0 Å². The summed E-state index contributed by atoms with van der Waals surface area (Å²) in [6.45, 7) is 57.6. The van der Waals surface area contributed by atoms with Crippen molar-refractivity contribution in [1.29, 1.82) is 0 Å². The fraction of sp³-hybridized carbons (Fsp3) is 0.860. The van der Waals surface area contributed by atoms with Gasteiger partial charge in [-0.15, -0.1) is 0 Å². The topological polar surface area (TPSA) is 0 Å². The van der Waals surface area contributed by atoms with Gasteiger partial charge in [0.15, 0.2) is 0 Å². The fourth-order valence-electron chi connectivity index (χ4n) is 30.6. The molecule has 15 atom stereocenters. The van der Waals surface area contributed by atoms with Crippen LogP contribution < -0.4 is 0 Å². The maximum Gasteiger partial charge on any atom is -0.0131 e.